The van der Waals surface area contributed by atoms with Crippen molar-refractivity contribution in [1.82, 2.24) is 0 Å². The smallest absolute Gasteiger partial charge is 0.333 e. The highest BCUT2D eigenvalue weighted by Crippen LogP contribution is 2.34. The van der Waals surface area contributed by atoms with Crippen LogP contribution in [0.3, 0.4) is 0 Å². The van der Waals surface area contributed by atoms with Crippen LogP contribution in [0.1, 0.15) is 52.1 Å². The lowest BCUT2D eigenvalue weighted by atomic mass is 10.0. The molecular weight excluding hydrogens is 522 g/mol. The number of hydrogen-bond donors (Lipinski definition) is 1. The highest BCUT2D eigenvalue weighted by atomic mass is 35.5. The van der Waals surface area contributed by atoms with Gasteiger partial charge in [-0.15, -0.1) is 0 Å². The van der Waals surface area contributed by atoms with Crippen molar-refractivity contribution >= 4 is 39.1 Å². The van der Waals surface area contributed by atoms with E-state index in [1.54, 1.807) is 52.0 Å². The lowest BCUT2D eigenvalue weighted by Crippen LogP contribution is -2.25. The van der Waals surface area contributed by atoms with Gasteiger partial charge in [0, 0.05) is 35.0 Å². The largest absolute Gasteiger partial charge is 0.497 e. The summed E-state index contributed by atoms with van der Waals surface area (Å²) in [4.78, 5) is 25.0. The van der Waals surface area contributed by atoms with E-state index in [1.807, 2.05) is 0 Å². The normalized spacial score (nSPS) is 12.4. The molecule has 1 atom stereocenters. The zero-order chi connectivity index (χ0) is 27.8. The maximum Gasteiger partial charge on any atom is 0.333 e. The molecule has 0 radical (unpaired) electrons. The molecule has 0 aliphatic rings. The molecule has 0 fully saturated rings. The Hall–Kier alpha value is -2.98. The average Bonchev–Trinajstić information content (AvgIpc) is 2.79. The molecule has 0 aliphatic carbocycles. The Morgan fingerprint density at radius 2 is 1.81 bits per heavy atom. The van der Waals surface area contributed by atoms with Crippen LogP contribution in [-0.2, 0) is 28.9 Å². The van der Waals surface area contributed by atoms with Gasteiger partial charge in [-0.3, -0.25) is 4.79 Å². The molecular formula is C26H34ClNO8S. The van der Waals surface area contributed by atoms with E-state index in [-0.39, 0.29) is 30.5 Å². The van der Waals surface area contributed by atoms with Crippen LogP contribution in [0.15, 0.2) is 41.3 Å². The minimum atomic E-state index is -3.55. The molecule has 1 unspecified atom stereocenters. The molecule has 2 rings (SSSR count). The Kier molecular flexibility index (Phi) is 10.6. The highest BCUT2D eigenvalue weighted by molar-refractivity contribution is 7.90. The summed E-state index contributed by atoms with van der Waals surface area (Å²) in [5.41, 5.74) is 0.167. The number of methoxy groups -OCH3 is 1. The van der Waals surface area contributed by atoms with Gasteiger partial charge in [0.25, 0.3) is 0 Å². The van der Waals surface area contributed by atoms with Gasteiger partial charge in [0.15, 0.2) is 15.9 Å². The number of esters is 2. The lowest BCUT2D eigenvalue weighted by molar-refractivity contribution is -0.155. The van der Waals surface area contributed by atoms with Gasteiger partial charge < -0.3 is 24.3 Å². The number of carbonyl (C=O) groups excluding carboxylic acids is 2. The number of halogens is 1. The molecule has 9 nitrogen and oxygen atoms in total. The SMILES string of the molecule is CCOC(=O)C(Nc1cc(OC)cc(S(C)(=O)=O)c1)c1ccc(Cl)cc1OCCCC(=O)OC(C)(C)C. The monoisotopic (exact) mass is 555 g/mol. The molecule has 204 valence electrons. The molecule has 0 aliphatic heterocycles. The Balaban J connectivity index is 2.34. The van der Waals surface area contributed by atoms with E-state index in [9.17, 15) is 18.0 Å². The molecule has 0 saturated heterocycles. The molecule has 0 amide bonds. The topological polar surface area (TPSA) is 117 Å². The summed E-state index contributed by atoms with van der Waals surface area (Å²) in [6.45, 7) is 7.36. The predicted molar refractivity (Wildman–Crippen MR) is 141 cm³/mol. The number of ether oxygens (including phenoxy) is 4. The van der Waals surface area contributed by atoms with Gasteiger partial charge in [-0.2, -0.15) is 0 Å². The van der Waals surface area contributed by atoms with E-state index in [4.69, 9.17) is 30.5 Å². The van der Waals surface area contributed by atoms with Crippen LogP contribution < -0.4 is 14.8 Å². The van der Waals surface area contributed by atoms with Gasteiger partial charge in [0.2, 0.25) is 0 Å². The maximum absolute atomic E-state index is 13.0. The van der Waals surface area contributed by atoms with Gasteiger partial charge in [0.05, 0.1) is 25.2 Å². The molecule has 0 saturated carbocycles. The van der Waals surface area contributed by atoms with Gasteiger partial charge in [-0.1, -0.05) is 17.7 Å². The molecule has 0 aromatic heterocycles. The van der Waals surface area contributed by atoms with Crippen molar-refractivity contribution in [2.75, 3.05) is 31.9 Å². The molecule has 2 aromatic rings. The van der Waals surface area contributed by atoms with Crippen LogP contribution in [0.2, 0.25) is 5.02 Å². The quantitative estimate of drug-likeness (QED) is 0.286. The third kappa shape index (κ3) is 9.77. The summed E-state index contributed by atoms with van der Waals surface area (Å²) in [5, 5.41) is 3.43. The molecule has 37 heavy (non-hydrogen) atoms. The minimum absolute atomic E-state index is 0.0201. The van der Waals surface area contributed by atoms with E-state index < -0.39 is 27.4 Å². The fraction of sp³-hybridized carbons (Fsp3) is 0.462. The van der Waals surface area contributed by atoms with Crippen LogP contribution in [0.25, 0.3) is 0 Å². The van der Waals surface area contributed by atoms with E-state index in [0.717, 1.165) is 6.26 Å². The fourth-order valence-corrected chi connectivity index (χ4v) is 4.14. The second kappa shape index (κ2) is 13.0. The second-order valence-corrected chi connectivity index (χ2v) is 11.7. The van der Waals surface area contributed by atoms with Gasteiger partial charge in [-0.25, -0.2) is 13.2 Å². The first-order chi connectivity index (χ1) is 17.2. The third-order valence-corrected chi connectivity index (χ3v) is 6.19. The molecule has 0 spiro atoms. The molecule has 0 heterocycles. The van der Waals surface area contributed by atoms with E-state index >= 15 is 0 Å². The second-order valence-electron chi connectivity index (χ2n) is 9.22. The fourth-order valence-electron chi connectivity index (χ4n) is 3.31. The predicted octanol–water partition coefficient (Wildman–Crippen LogP) is 4.97. The van der Waals surface area contributed by atoms with Crippen LogP contribution in [0, 0.1) is 0 Å². The number of sulfone groups is 1. The summed E-state index contributed by atoms with van der Waals surface area (Å²) in [5.74, 6) is -0.337. The third-order valence-electron chi connectivity index (χ3n) is 4.87. The Morgan fingerprint density at radius 3 is 2.41 bits per heavy atom. The standard InChI is InChI=1S/C26H34ClNO8S/c1-7-34-25(30)24(28-18-14-19(33-5)16-20(15-18)37(6,31)32)21-11-10-17(27)13-22(21)35-12-8-9-23(29)36-26(2,3)4/h10-11,13-16,24,28H,7-9,12H2,1-6H3. The number of anilines is 1. The van der Waals surface area contributed by atoms with E-state index in [2.05, 4.69) is 5.32 Å². The summed E-state index contributed by atoms with van der Waals surface area (Å²) in [6.07, 6.45) is 1.62. The average molecular weight is 556 g/mol. The van der Waals surface area contributed by atoms with Crippen LogP contribution in [-0.4, -0.2) is 52.5 Å². The van der Waals surface area contributed by atoms with Gasteiger partial charge in [-0.05, 0) is 58.4 Å². The van der Waals surface area contributed by atoms with Crippen molar-refractivity contribution in [2.24, 2.45) is 0 Å². The Labute approximate surface area is 223 Å². The van der Waals surface area contributed by atoms with Crippen LogP contribution in [0.4, 0.5) is 5.69 Å². The minimum Gasteiger partial charge on any atom is -0.497 e. The number of nitrogens with one attached hydrogen (secondary N) is 1. The molecule has 2 aromatic carbocycles. The molecule has 1 N–H and O–H groups in total. The maximum atomic E-state index is 13.0. The summed E-state index contributed by atoms with van der Waals surface area (Å²) in [6, 6.07) is 8.09. The summed E-state index contributed by atoms with van der Waals surface area (Å²) in [7, 11) is -2.14. The van der Waals surface area contributed by atoms with E-state index in [0.29, 0.717) is 34.2 Å². The number of rotatable bonds is 12. The highest BCUT2D eigenvalue weighted by Gasteiger charge is 2.27. The zero-order valence-corrected chi connectivity index (χ0v) is 23.5. The van der Waals surface area contributed by atoms with Crippen molar-refractivity contribution in [2.45, 2.75) is 57.1 Å². The van der Waals surface area contributed by atoms with Gasteiger partial charge in [0.1, 0.15) is 17.1 Å². The summed E-state index contributed by atoms with van der Waals surface area (Å²) < 4.78 is 46.1. The van der Waals surface area contributed by atoms with Crippen LogP contribution in [0.5, 0.6) is 11.5 Å². The Bertz CT molecular complexity index is 1210. The van der Waals surface area contributed by atoms with Gasteiger partial charge >= 0.3 is 11.9 Å². The zero-order valence-electron chi connectivity index (χ0n) is 21.9. The van der Waals surface area contributed by atoms with Crippen LogP contribution >= 0.6 is 11.6 Å². The molecule has 0 bridgehead atoms. The van der Waals surface area contributed by atoms with E-state index in [1.165, 1.54) is 19.2 Å². The summed E-state index contributed by atoms with van der Waals surface area (Å²) >= 11 is 6.19. The number of hydrogen-bond acceptors (Lipinski definition) is 9. The van der Waals surface area contributed by atoms with Crippen molar-refractivity contribution in [3.05, 3.63) is 47.0 Å². The first-order valence-electron chi connectivity index (χ1n) is 11.7. The first kappa shape index (κ1) is 30.2. The lowest BCUT2D eigenvalue weighted by Gasteiger charge is -2.22. The van der Waals surface area contributed by atoms with Crippen molar-refractivity contribution in [3.63, 3.8) is 0 Å². The Morgan fingerprint density at radius 1 is 1.11 bits per heavy atom. The first-order valence-corrected chi connectivity index (χ1v) is 14.0. The van der Waals surface area contributed by atoms with Crippen molar-refractivity contribution in [1.29, 1.82) is 0 Å². The number of benzene rings is 2. The van der Waals surface area contributed by atoms with Crippen molar-refractivity contribution < 1.29 is 37.0 Å². The molecule has 11 heteroatoms. The number of carbonyl (C=O) groups is 2. The van der Waals surface area contributed by atoms with Crippen molar-refractivity contribution in [3.8, 4) is 11.5 Å².